The van der Waals surface area contributed by atoms with Crippen LogP contribution in [0.5, 0.6) is 0 Å². The standard InChI is InChI=1S/C14H22N2O/c1-2-16-14(13-5-9-17-10-6-13)11-12-3-7-15-8-4-12/h3-4,7-8,13-14,16H,2,5-6,9-11H2,1H3. The summed E-state index contributed by atoms with van der Waals surface area (Å²) in [5.74, 6) is 0.747. The fraction of sp³-hybridized carbons (Fsp3) is 0.643. The van der Waals surface area contributed by atoms with Crippen molar-refractivity contribution >= 4 is 0 Å². The van der Waals surface area contributed by atoms with Crippen LogP contribution in [0.25, 0.3) is 0 Å². The van der Waals surface area contributed by atoms with Crippen LogP contribution in [0.1, 0.15) is 25.3 Å². The summed E-state index contributed by atoms with van der Waals surface area (Å²) in [6, 6.07) is 4.80. The van der Waals surface area contributed by atoms with Gasteiger partial charge in [-0.05, 0) is 49.4 Å². The zero-order valence-corrected chi connectivity index (χ0v) is 10.6. The van der Waals surface area contributed by atoms with E-state index in [2.05, 4.69) is 29.4 Å². The SMILES string of the molecule is CCNC(Cc1ccncc1)C1CCOCC1. The van der Waals surface area contributed by atoms with Gasteiger partial charge < -0.3 is 10.1 Å². The van der Waals surface area contributed by atoms with E-state index in [0.29, 0.717) is 6.04 Å². The van der Waals surface area contributed by atoms with Crippen LogP contribution in [0, 0.1) is 5.92 Å². The second kappa shape index (κ2) is 6.72. The summed E-state index contributed by atoms with van der Waals surface area (Å²) in [5, 5.41) is 3.62. The Morgan fingerprint density at radius 2 is 2.06 bits per heavy atom. The van der Waals surface area contributed by atoms with Crippen LogP contribution in [0.3, 0.4) is 0 Å². The van der Waals surface area contributed by atoms with Gasteiger partial charge >= 0.3 is 0 Å². The average Bonchev–Trinajstić information content (AvgIpc) is 2.40. The van der Waals surface area contributed by atoms with Gasteiger partial charge in [-0.15, -0.1) is 0 Å². The molecule has 3 nitrogen and oxygen atoms in total. The van der Waals surface area contributed by atoms with Crippen LogP contribution >= 0.6 is 0 Å². The van der Waals surface area contributed by atoms with Crippen molar-refractivity contribution in [1.29, 1.82) is 0 Å². The molecular formula is C14H22N2O. The molecule has 0 aromatic carbocycles. The first-order valence-electron chi connectivity index (χ1n) is 6.60. The molecule has 0 radical (unpaired) electrons. The molecular weight excluding hydrogens is 212 g/mol. The maximum atomic E-state index is 5.44. The van der Waals surface area contributed by atoms with Crippen molar-refractivity contribution in [2.75, 3.05) is 19.8 Å². The third-order valence-corrected chi connectivity index (χ3v) is 3.51. The van der Waals surface area contributed by atoms with E-state index in [4.69, 9.17) is 4.74 Å². The Bertz CT molecular complexity index is 309. The topological polar surface area (TPSA) is 34.2 Å². The third kappa shape index (κ3) is 3.79. The summed E-state index contributed by atoms with van der Waals surface area (Å²) in [5.41, 5.74) is 1.37. The lowest BCUT2D eigenvalue weighted by Gasteiger charge is -2.31. The first-order chi connectivity index (χ1) is 8.40. The molecule has 0 amide bonds. The Hall–Kier alpha value is -0.930. The molecule has 0 bridgehead atoms. The summed E-state index contributed by atoms with van der Waals surface area (Å²) in [4.78, 5) is 4.07. The van der Waals surface area contributed by atoms with Gasteiger partial charge in [-0.3, -0.25) is 4.98 Å². The molecule has 1 atom stereocenters. The molecule has 1 aliphatic rings. The number of rotatable bonds is 5. The van der Waals surface area contributed by atoms with Gasteiger partial charge in [0, 0.05) is 31.6 Å². The number of nitrogens with zero attached hydrogens (tertiary/aromatic N) is 1. The van der Waals surface area contributed by atoms with E-state index >= 15 is 0 Å². The zero-order chi connectivity index (χ0) is 11.9. The lowest BCUT2D eigenvalue weighted by molar-refractivity contribution is 0.0540. The molecule has 1 fully saturated rings. The lowest BCUT2D eigenvalue weighted by Crippen LogP contribution is -2.40. The number of pyridine rings is 1. The second-order valence-electron chi connectivity index (χ2n) is 4.67. The first-order valence-corrected chi connectivity index (χ1v) is 6.60. The van der Waals surface area contributed by atoms with Crippen LogP contribution in [-0.4, -0.2) is 30.8 Å². The molecule has 1 aliphatic heterocycles. The smallest absolute Gasteiger partial charge is 0.0469 e. The van der Waals surface area contributed by atoms with Gasteiger partial charge in [-0.25, -0.2) is 0 Å². The quantitative estimate of drug-likeness (QED) is 0.846. The molecule has 1 aromatic rings. The highest BCUT2D eigenvalue weighted by atomic mass is 16.5. The van der Waals surface area contributed by atoms with E-state index in [9.17, 15) is 0 Å². The molecule has 2 rings (SSSR count). The van der Waals surface area contributed by atoms with E-state index < -0.39 is 0 Å². The fourth-order valence-electron chi connectivity index (χ4n) is 2.56. The van der Waals surface area contributed by atoms with Crippen LogP contribution in [0.15, 0.2) is 24.5 Å². The predicted molar refractivity (Wildman–Crippen MR) is 68.9 cm³/mol. The monoisotopic (exact) mass is 234 g/mol. The van der Waals surface area contributed by atoms with Gasteiger partial charge in [-0.1, -0.05) is 6.92 Å². The normalized spacial score (nSPS) is 19.1. The highest BCUT2D eigenvalue weighted by Crippen LogP contribution is 2.21. The van der Waals surface area contributed by atoms with E-state index in [-0.39, 0.29) is 0 Å². The van der Waals surface area contributed by atoms with Crippen LogP contribution < -0.4 is 5.32 Å². The van der Waals surface area contributed by atoms with Crippen molar-refractivity contribution in [3.05, 3.63) is 30.1 Å². The van der Waals surface area contributed by atoms with Crippen LogP contribution in [-0.2, 0) is 11.2 Å². The summed E-state index contributed by atoms with van der Waals surface area (Å²) >= 11 is 0. The summed E-state index contributed by atoms with van der Waals surface area (Å²) in [6.07, 6.45) is 7.22. The summed E-state index contributed by atoms with van der Waals surface area (Å²) in [6.45, 7) is 5.05. The van der Waals surface area contributed by atoms with Crippen molar-refractivity contribution in [2.24, 2.45) is 5.92 Å². The van der Waals surface area contributed by atoms with Crippen LogP contribution in [0.4, 0.5) is 0 Å². The van der Waals surface area contributed by atoms with Crippen LogP contribution in [0.2, 0.25) is 0 Å². The van der Waals surface area contributed by atoms with E-state index in [1.807, 2.05) is 12.4 Å². The van der Waals surface area contributed by atoms with Crippen molar-refractivity contribution in [3.63, 3.8) is 0 Å². The molecule has 1 aromatic heterocycles. The highest BCUT2D eigenvalue weighted by molar-refractivity contribution is 5.11. The van der Waals surface area contributed by atoms with Gasteiger partial charge in [0.05, 0.1) is 0 Å². The minimum Gasteiger partial charge on any atom is -0.381 e. The molecule has 17 heavy (non-hydrogen) atoms. The number of likely N-dealkylation sites (N-methyl/N-ethyl adjacent to an activating group) is 1. The van der Waals surface area contributed by atoms with Gasteiger partial charge in [0.2, 0.25) is 0 Å². The minimum absolute atomic E-state index is 0.575. The molecule has 1 unspecified atom stereocenters. The molecule has 1 saturated heterocycles. The Balaban J connectivity index is 1.96. The zero-order valence-electron chi connectivity index (χ0n) is 10.6. The highest BCUT2D eigenvalue weighted by Gasteiger charge is 2.23. The van der Waals surface area contributed by atoms with E-state index in [1.165, 1.54) is 18.4 Å². The van der Waals surface area contributed by atoms with Crippen molar-refractivity contribution < 1.29 is 4.74 Å². The van der Waals surface area contributed by atoms with Gasteiger partial charge in [0.15, 0.2) is 0 Å². The lowest BCUT2D eigenvalue weighted by atomic mass is 9.88. The third-order valence-electron chi connectivity index (χ3n) is 3.51. The molecule has 2 heterocycles. The summed E-state index contributed by atoms with van der Waals surface area (Å²) < 4.78 is 5.44. The Kier molecular flexibility index (Phi) is 4.95. The predicted octanol–water partition coefficient (Wildman–Crippen LogP) is 2.03. The Labute approximate surface area is 104 Å². The molecule has 1 N–H and O–H groups in total. The minimum atomic E-state index is 0.575. The maximum absolute atomic E-state index is 5.44. The van der Waals surface area contributed by atoms with Crippen molar-refractivity contribution in [1.82, 2.24) is 10.3 Å². The Morgan fingerprint density at radius 1 is 1.35 bits per heavy atom. The molecule has 94 valence electrons. The molecule has 0 spiro atoms. The van der Waals surface area contributed by atoms with E-state index in [1.54, 1.807) is 0 Å². The van der Waals surface area contributed by atoms with Gasteiger partial charge in [0.25, 0.3) is 0 Å². The average molecular weight is 234 g/mol. The molecule has 0 aliphatic carbocycles. The number of hydrogen-bond acceptors (Lipinski definition) is 3. The van der Waals surface area contributed by atoms with E-state index in [0.717, 1.165) is 32.1 Å². The second-order valence-corrected chi connectivity index (χ2v) is 4.67. The number of hydrogen-bond donors (Lipinski definition) is 1. The van der Waals surface area contributed by atoms with Crippen molar-refractivity contribution in [2.45, 2.75) is 32.2 Å². The van der Waals surface area contributed by atoms with Crippen molar-refractivity contribution in [3.8, 4) is 0 Å². The molecule has 3 heteroatoms. The number of aromatic nitrogens is 1. The Morgan fingerprint density at radius 3 is 2.71 bits per heavy atom. The number of nitrogens with one attached hydrogen (secondary N) is 1. The number of ether oxygens (including phenoxy) is 1. The molecule has 0 saturated carbocycles. The largest absolute Gasteiger partial charge is 0.381 e. The summed E-state index contributed by atoms with van der Waals surface area (Å²) in [7, 11) is 0. The van der Waals surface area contributed by atoms with Gasteiger partial charge in [-0.2, -0.15) is 0 Å². The van der Waals surface area contributed by atoms with Gasteiger partial charge in [0.1, 0.15) is 0 Å². The maximum Gasteiger partial charge on any atom is 0.0469 e. The fourth-order valence-corrected chi connectivity index (χ4v) is 2.56. The first kappa shape index (κ1) is 12.5.